The van der Waals surface area contributed by atoms with E-state index >= 15 is 0 Å². The predicted octanol–water partition coefficient (Wildman–Crippen LogP) is 6.52. The second-order valence-corrected chi connectivity index (χ2v) is 9.00. The smallest absolute Gasteiger partial charge is 0.341 e. The number of carbonyl (C=O) groups is 2. The maximum atomic E-state index is 12.7. The number of rotatable bonds is 7. The summed E-state index contributed by atoms with van der Waals surface area (Å²) < 4.78 is 12.7. The fourth-order valence-electron chi connectivity index (χ4n) is 2.71. The highest BCUT2D eigenvalue weighted by atomic mass is 79.9. The Balaban J connectivity index is 1.84. The summed E-state index contributed by atoms with van der Waals surface area (Å²) in [6.45, 7) is 3.64. The Labute approximate surface area is 195 Å². The van der Waals surface area contributed by atoms with E-state index in [1.54, 1.807) is 26.0 Å². The van der Waals surface area contributed by atoms with Crippen molar-refractivity contribution < 1.29 is 19.1 Å². The van der Waals surface area contributed by atoms with Crippen LogP contribution < -0.4 is 10.1 Å². The van der Waals surface area contributed by atoms with Gasteiger partial charge in [0.15, 0.2) is 6.10 Å². The Morgan fingerprint density at radius 1 is 1.10 bits per heavy atom. The summed E-state index contributed by atoms with van der Waals surface area (Å²) in [5.41, 5.74) is 1.91. The highest BCUT2D eigenvalue weighted by Gasteiger charge is 2.25. The van der Waals surface area contributed by atoms with Crippen molar-refractivity contribution in [2.45, 2.75) is 20.0 Å². The van der Waals surface area contributed by atoms with Crippen LogP contribution >= 0.6 is 43.2 Å². The predicted molar refractivity (Wildman–Crippen MR) is 126 cm³/mol. The van der Waals surface area contributed by atoms with E-state index in [0.717, 1.165) is 14.5 Å². The van der Waals surface area contributed by atoms with Gasteiger partial charge in [-0.25, -0.2) is 4.79 Å². The van der Waals surface area contributed by atoms with Crippen molar-refractivity contribution in [1.82, 2.24) is 0 Å². The number of carbonyl (C=O) groups excluding carboxylic acids is 2. The average Bonchev–Trinajstić information content (AvgIpc) is 3.12. The zero-order valence-electron chi connectivity index (χ0n) is 16.3. The molecule has 0 aliphatic rings. The lowest BCUT2D eigenvalue weighted by Crippen LogP contribution is -2.30. The fraction of sp³-hybridized carbons (Fsp3) is 0.182. The molecule has 0 radical (unpaired) electrons. The molecule has 1 amide bonds. The number of thiophene rings is 1. The Morgan fingerprint density at radius 3 is 2.50 bits per heavy atom. The molecule has 3 aromatic rings. The molecule has 156 valence electrons. The minimum Gasteiger partial charge on any atom is -0.481 e. The zero-order valence-corrected chi connectivity index (χ0v) is 20.3. The summed E-state index contributed by atoms with van der Waals surface area (Å²) in [7, 11) is 0. The third-order valence-corrected chi connectivity index (χ3v) is 6.06. The first kappa shape index (κ1) is 22.5. The molecule has 0 saturated carbocycles. The lowest BCUT2D eigenvalue weighted by atomic mass is 10.0. The second-order valence-electron chi connectivity index (χ2n) is 6.29. The molecule has 0 fully saturated rings. The van der Waals surface area contributed by atoms with Crippen LogP contribution in [0.4, 0.5) is 5.00 Å². The van der Waals surface area contributed by atoms with Crippen molar-refractivity contribution in [2.75, 3.05) is 11.9 Å². The van der Waals surface area contributed by atoms with Gasteiger partial charge in [0.2, 0.25) is 0 Å². The quantitative estimate of drug-likeness (QED) is 0.339. The largest absolute Gasteiger partial charge is 0.481 e. The van der Waals surface area contributed by atoms with E-state index in [1.807, 2.05) is 41.8 Å². The standard InChI is InChI=1S/C22H19Br2NO4S/c1-3-28-22(27)19-18(14-7-9-15(23)10-8-14)12-30-21(19)25-20(26)13(2)29-17-6-4-5-16(24)11-17/h4-13H,3H2,1-2H3,(H,25,26)/t13-/m0/s1. The highest BCUT2D eigenvalue weighted by Crippen LogP contribution is 2.37. The first-order chi connectivity index (χ1) is 14.4. The normalized spacial score (nSPS) is 11.6. The van der Waals surface area contributed by atoms with Crippen molar-refractivity contribution in [3.8, 4) is 16.9 Å². The van der Waals surface area contributed by atoms with Crippen LogP contribution in [0.5, 0.6) is 5.75 Å². The molecule has 1 aromatic heterocycles. The fourth-order valence-corrected chi connectivity index (χ4v) is 4.31. The number of nitrogens with one attached hydrogen (secondary N) is 1. The summed E-state index contributed by atoms with van der Waals surface area (Å²) in [5.74, 6) is -0.267. The highest BCUT2D eigenvalue weighted by molar-refractivity contribution is 9.10. The van der Waals surface area contributed by atoms with Crippen molar-refractivity contribution >= 4 is 60.1 Å². The van der Waals surface area contributed by atoms with Crippen LogP contribution in [-0.2, 0) is 9.53 Å². The third-order valence-electron chi connectivity index (χ3n) is 4.14. The summed E-state index contributed by atoms with van der Waals surface area (Å²) in [5, 5.41) is 5.09. The topological polar surface area (TPSA) is 64.6 Å². The van der Waals surface area contributed by atoms with Crippen LogP contribution in [0.1, 0.15) is 24.2 Å². The van der Waals surface area contributed by atoms with Crippen LogP contribution in [0.25, 0.3) is 11.1 Å². The third kappa shape index (κ3) is 5.50. The lowest BCUT2D eigenvalue weighted by Gasteiger charge is -2.15. The van der Waals surface area contributed by atoms with Gasteiger partial charge in [-0.2, -0.15) is 0 Å². The molecule has 0 bridgehead atoms. The van der Waals surface area contributed by atoms with Crippen LogP contribution in [0.15, 0.2) is 62.9 Å². The van der Waals surface area contributed by atoms with Gasteiger partial charge in [-0.15, -0.1) is 11.3 Å². The maximum absolute atomic E-state index is 12.7. The molecular weight excluding hydrogens is 534 g/mol. The minimum atomic E-state index is -0.757. The second kappa shape index (κ2) is 10.2. The van der Waals surface area contributed by atoms with E-state index in [4.69, 9.17) is 9.47 Å². The van der Waals surface area contributed by atoms with Gasteiger partial charge in [-0.05, 0) is 49.7 Å². The van der Waals surface area contributed by atoms with Gasteiger partial charge >= 0.3 is 5.97 Å². The molecular formula is C22H19Br2NO4S. The number of esters is 1. The Kier molecular flexibility index (Phi) is 7.69. The van der Waals surface area contributed by atoms with Gasteiger partial charge in [-0.3, -0.25) is 4.79 Å². The van der Waals surface area contributed by atoms with E-state index in [2.05, 4.69) is 37.2 Å². The van der Waals surface area contributed by atoms with Crippen molar-refractivity contribution in [3.63, 3.8) is 0 Å². The minimum absolute atomic E-state index is 0.240. The van der Waals surface area contributed by atoms with E-state index in [9.17, 15) is 9.59 Å². The van der Waals surface area contributed by atoms with E-state index in [-0.39, 0.29) is 12.5 Å². The molecule has 5 nitrogen and oxygen atoms in total. The van der Waals surface area contributed by atoms with Gasteiger partial charge in [0.05, 0.1) is 6.61 Å². The number of ether oxygens (including phenoxy) is 2. The lowest BCUT2D eigenvalue weighted by molar-refractivity contribution is -0.122. The van der Waals surface area contributed by atoms with Crippen LogP contribution in [0, 0.1) is 0 Å². The molecule has 1 atom stereocenters. The molecule has 0 unspecified atom stereocenters. The van der Waals surface area contributed by atoms with Crippen molar-refractivity contribution in [2.24, 2.45) is 0 Å². The number of halogens is 2. The molecule has 0 aliphatic carbocycles. The summed E-state index contributed by atoms with van der Waals surface area (Å²) in [6, 6.07) is 14.9. The monoisotopic (exact) mass is 551 g/mol. The number of hydrogen-bond donors (Lipinski definition) is 1. The molecule has 0 aliphatic heterocycles. The maximum Gasteiger partial charge on any atom is 0.341 e. The van der Waals surface area contributed by atoms with Crippen LogP contribution in [0.2, 0.25) is 0 Å². The van der Waals surface area contributed by atoms with Crippen molar-refractivity contribution in [3.05, 3.63) is 68.4 Å². The molecule has 1 N–H and O–H groups in total. The molecule has 8 heteroatoms. The van der Waals surface area contributed by atoms with Crippen LogP contribution in [-0.4, -0.2) is 24.6 Å². The van der Waals surface area contributed by atoms with E-state index < -0.39 is 12.1 Å². The first-order valence-corrected chi connectivity index (χ1v) is 11.6. The van der Waals surface area contributed by atoms with Gasteiger partial charge in [-0.1, -0.05) is 50.1 Å². The number of amides is 1. The van der Waals surface area contributed by atoms with Crippen LogP contribution in [0.3, 0.4) is 0 Å². The van der Waals surface area contributed by atoms with E-state index in [1.165, 1.54) is 11.3 Å². The average molecular weight is 553 g/mol. The Hall–Kier alpha value is -2.16. The molecule has 3 rings (SSSR count). The first-order valence-electron chi connectivity index (χ1n) is 9.16. The molecule has 30 heavy (non-hydrogen) atoms. The van der Waals surface area contributed by atoms with Gasteiger partial charge in [0.25, 0.3) is 5.91 Å². The summed E-state index contributed by atoms with van der Waals surface area (Å²) >= 11 is 8.07. The number of benzene rings is 2. The van der Waals surface area contributed by atoms with Gasteiger partial charge in [0, 0.05) is 19.9 Å². The zero-order chi connectivity index (χ0) is 21.7. The van der Waals surface area contributed by atoms with Crippen molar-refractivity contribution in [1.29, 1.82) is 0 Å². The molecule has 0 saturated heterocycles. The van der Waals surface area contributed by atoms with E-state index in [0.29, 0.717) is 21.9 Å². The SMILES string of the molecule is CCOC(=O)c1c(-c2ccc(Br)cc2)csc1NC(=O)[C@H](C)Oc1cccc(Br)c1. The summed E-state index contributed by atoms with van der Waals surface area (Å²) in [4.78, 5) is 25.4. The summed E-state index contributed by atoms with van der Waals surface area (Å²) in [6.07, 6.45) is -0.757. The van der Waals surface area contributed by atoms with Gasteiger partial charge < -0.3 is 14.8 Å². The molecule has 0 spiro atoms. The Morgan fingerprint density at radius 2 is 1.83 bits per heavy atom. The molecule has 2 aromatic carbocycles. The molecule has 1 heterocycles. The number of anilines is 1. The number of hydrogen-bond acceptors (Lipinski definition) is 5. The van der Waals surface area contributed by atoms with Gasteiger partial charge in [0.1, 0.15) is 16.3 Å². The Bertz CT molecular complexity index is 1050.